The summed E-state index contributed by atoms with van der Waals surface area (Å²) >= 11 is 4.08. The van der Waals surface area contributed by atoms with Crippen molar-refractivity contribution >= 4 is 24.6 Å². The second-order valence-corrected chi connectivity index (χ2v) is 5.25. The van der Waals surface area contributed by atoms with Crippen molar-refractivity contribution in [3.05, 3.63) is 35.9 Å². The van der Waals surface area contributed by atoms with E-state index in [-0.39, 0.29) is 11.8 Å². The summed E-state index contributed by atoms with van der Waals surface area (Å²) in [5.41, 5.74) is 0.984. The SMILES string of the molecule is O=C(NCCN=C(NS)c1ccccc1)C1CCNCC1. The number of hydrogen-bond donors (Lipinski definition) is 4. The van der Waals surface area contributed by atoms with Crippen molar-refractivity contribution in [1.82, 2.24) is 15.4 Å². The minimum Gasteiger partial charge on any atom is -0.354 e. The molecule has 1 aliphatic heterocycles. The molecular weight excluding hydrogens is 284 g/mol. The molecule has 0 aliphatic carbocycles. The summed E-state index contributed by atoms with van der Waals surface area (Å²) in [4.78, 5) is 16.4. The lowest BCUT2D eigenvalue weighted by atomic mass is 9.97. The Morgan fingerprint density at radius 3 is 2.67 bits per heavy atom. The van der Waals surface area contributed by atoms with Crippen molar-refractivity contribution in [2.24, 2.45) is 10.9 Å². The van der Waals surface area contributed by atoms with E-state index in [4.69, 9.17) is 0 Å². The molecule has 21 heavy (non-hydrogen) atoms. The van der Waals surface area contributed by atoms with Crippen LogP contribution in [0.1, 0.15) is 18.4 Å². The number of benzene rings is 1. The topological polar surface area (TPSA) is 65.5 Å². The number of hydrogen-bond acceptors (Lipinski definition) is 4. The quantitative estimate of drug-likeness (QED) is 0.284. The molecular formula is C15H22N4OS. The van der Waals surface area contributed by atoms with Gasteiger partial charge in [-0.05, 0) is 25.9 Å². The summed E-state index contributed by atoms with van der Waals surface area (Å²) in [6.07, 6.45) is 1.84. The minimum atomic E-state index is 0.145. The third kappa shape index (κ3) is 5.06. The Kier molecular flexibility index (Phi) is 6.56. The molecule has 3 N–H and O–H groups in total. The van der Waals surface area contributed by atoms with Gasteiger partial charge < -0.3 is 15.4 Å². The zero-order valence-electron chi connectivity index (χ0n) is 12.0. The number of carbonyl (C=O) groups is 1. The normalized spacial score (nSPS) is 16.5. The first-order chi connectivity index (χ1) is 10.3. The highest BCUT2D eigenvalue weighted by atomic mass is 32.1. The molecule has 1 aliphatic rings. The monoisotopic (exact) mass is 306 g/mol. The highest BCUT2D eigenvalue weighted by Gasteiger charge is 2.19. The first kappa shape index (κ1) is 15.9. The van der Waals surface area contributed by atoms with E-state index in [1.165, 1.54) is 0 Å². The van der Waals surface area contributed by atoms with Crippen molar-refractivity contribution in [3.8, 4) is 0 Å². The van der Waals surface area contributed by atoms with Crippen LogP contribution in [-0.2, 0) is 4.79 Å². The lowest BCUT2D eigenvalue weighted by Gasteiger charge is -2.21. The fourth-order valence-electron chi connectivity index (χ4n) is 2.36. The number of amidine groups is 1. The minimum absolute atomic E-state index is 0.145. The number of piperidine rings is 1. The lowest BCUT2D eigenvalue weighted by Crippen LogP contribution is -2.39. The number of thiol groups is 1. The molecule has 0 saturated carbocycles. The average molecular weight is 306 g/mol. The van der Waals surface area contributed by atoms with Gasteiger partial charge in [0.25, 0.3) is 0 Å². The van der Waals surface area contributed by atoms with Gasteiger partial charge in [-0.3, -0.25) is 9.79 Å². The van der Waals surface area contributed by atoms with Crippen LogP contribution < -0.4 is 15.4 Å². The van der Waals surface area contributed by atoms with Gasteiger partial charge in [0.2, 0.25) is 5.91 Å². The molecule has 1 fully saturated rings. The fraction of sp³-hybridized carbons (Fsp3) is 0.467. The Morgan fingerprint density at radius 1 is 1.29 bits per heavy atom. The molecule has 1 amide bonds. The Balaban J connectivity index is 1.77. The van der Waals surface area contributed by atoms with Gasteiger partial charge in [0.15, 0.2) is 0 Å². The zero-order chi connectivity index (χ0) is 14.9. The van der Waals surface area contributed by atoms with Crippen molar-refractivity contribution in [2.75, 3.05) is 26.2 Å². The molecule has 0 aromatic heterocycles. The van der Waals surface area contributed by atoms with Crippen molar-refractivity contribution in [1.29, 1.82) is 0 Å². The summed E-state index contributed by atoms with van der Waals surface area (Å²) in [6.45, 7) is 2.94. The van der Waals surface area contributed by atoms with Crippen molar-refractivity contribution in [2.45, 2.75) is 12.8 Å². The van der Waals surface area contributed by atoms with Crippen LogP contribution >= 0.6 is 12.8 Å². The molecule has 114 valence electrons. The number of carbonyl (C=O) groups excluding carboxylic acids is 1. The molecule has 0 spiro atoms. The fourth-order valence-corrected chi connectivity index (χ4v) is 2.56. The summed E-state index contributed by atoms with van der Waals surface area (Å²) in [5.74, 6) is 1.01. The Bertz CT molecular complexity index is 472. The molecule has 1 heterocycles. The first-order valence-corrected chi connectivity index (χ1v) is 7.74. The van der Waals surface area contributed by atoms with Gasteiger partial charge in [0.1, 0.15) is 5.84 Å². The average Bonchev–Trinajstić information content (AvgIpc) is 2.56. The van der Waals surface area contributed by atoms with Crippen molar-refractivity contribution < 1.29 is 4.79 Å². The standard InChI is InChI=1S/C15H22N4OS/c20-15(13-6-8-16-9-7-13)18-11-10-17-14(19-21)12-4-2-1-3-5-12/h1-5,13,16,21H,6-11H2,(H,17,19)(H,18,20). The summed E-state index contributed by atoms with van der Waals surface area (Å²) < 4.78 is 2.79. The predicted molar refractivity (Wildman–Crippen MR) is 88.6 cm³/mol. The van der Waals surface area contributed by atoms with E-state index < -0.39 is 0 Å². The third-order valence-electron chi connectivity index (χ3n) is 3.54. The predicted octanol–water partition coefficient (Wildman–Crippen LogP) is 0.983. The first-order valence-electron chi connectivity index (χ1n) is 7.29. The molecule has 1 aromatic rings. The molecule has 5 nitrogen and oxygen atoms in total. The number of nitrogens with zero attached hydrogens (tertiary/aromatic N) is 1. The van der Waals surface area contributed by atoms with Crippen molar-refractivity contribution in [3.63, 3.8) is 0 Å². The van der Waals surface area contributed by atoms with Crippen LogP contribution in [0.2, 0.25) is 0 Å². The highest BCUT2D eigenvalue weighted by Crippen LogP contribution is 2.10. The van der Waals surface area contributed by atoms with E-state index in [1.807, 2.05) is 30.3 Å². The van der Waals surface area contributed by atoms with Gasteiger partial charge in [-0.25, -0.2) is 0 Å². The smallest absolute Gasteiger partial charge is 0.223 e. The molecule has 1 aromatic carbocycles. The van der Waals surface area contributed by atoms with E-state index in [2.05, 4.69) is 33.2 Å². The molecule has 0 unspecified atom stereocenters. The van der Waals surface area contributed by atoms with E-state index in [9.17, 15) is 4.79 Å². The Hall–Kier alpha value is -1.53. The van der Waals surface area contributed by atoms with E-state index in [0.29, 0.717) is 13.1 Å². The number of aliphatic imine (C=N–C) groups is 1. The Morgan fingerprint density at radius 2 is 2.00 bits per heavy atom. The maximum Gasteiger partial charge on any atom is 0.223 e. The van der Waals surface area contributed by atoms with Gasteiger partial charge in [0, 0.05) is 18.0 Å². The number of nitrogens with one attached hydrogen (secondary N) is 3. The van der Waals surface area contributed by atoms with Gasteiger partial charge in [-0.1, -0.05) is 43.1 Å². The highest BCUT2D eigenvalue weighted by molar-refractivity contribution is 7.78. The van der Waals surface area contributed by atoms with Crippen LogP contribution in [-0.4, -0.2) is 37.9 Å². The molecule has 6 heteroatoms. The maximum absolute atomic E-state index is 12.0. The molecule has 0 radical (unpaired) electrons. The number of rotatable bonds is 5. The second-order valence-electron chi connectivity index (χ2n) is 5.02. The Labute approximate surface area is 131 Å². The van der Waals surface area contributed by atoms with Crippen LogP contribution in [0.5, 0.6) is 0 Å². The third-order valence-corrected chi connectivity index (χ3v) is 3.76. The second kappa shape index (κ2) is 8.69. The molecule has 0 atom stereocenters. The van der Waals surface area contributed by atoms with E-state index in [0.717, 1.165) is 37.3 Å². The molecule has 2 rings (SSSR count). The maximum atomic E-state index is 12.0. The number of amides is 1. The van der Waals surface area contributed by atoms with Gasteiger partial charge >= 0.3 is 0 Å². The molecule has 0 bridgehead atoms. The summed E-state index contributed by atoms with van der Waals surface area (Å²) in [5, 5.41) is 6.22. The van der Waals surface area contributed by atoms with E-state index in [1.54, 1.807) is 0 Å². The van der Waals surface area contributed by atoms with Gasteiger partial charge in [-0.15, -0.1) is 0 Å². The van der Waals surface area contributed by atoms with Crippen LogP contribution in [0.15, 0.2) is 35.3 Å². The van der Waals surface area contributed by atoms with Crippen LogP contribution in [0.4, 0.5) is 0 Å². The summed E-state index contributed by atoms with van der Waals surface area (Å²) in [6, 6.07) is 9.80. The summed E-state index contributed by atoms with van der Waals surface area (Å²) in [7, 11) is 0. The van der Waals surface area contributed by atoms with E-state index >= 15 is 0 Å². The zero-order valence-corrected chi connectivity index (χ0v) is 12.9. The van der Waals surface area contributed by atoms with Crippen LogP contribution in [0.25, 0.3) is 0 Å². The lowest BCUT2D eigenvalue weighted by molar-refractivity contribution is -0.125. The van der Waals surface area contributed by atoms with Gasteiger partial charge in [0.05, 0.1) is 6.54 Å². The largest absolute Gasteiger partial charge is 0.354 e. The molecule has 1 saturated heterocycles. The van der Waals surface area contributed by atoms with Crippen LogP contribution in [0, 0.1) is 5.92 Å². The van der Waals surface area contributed by atoms with Crippen LogP contribution in [0.3, 0.4) is 0 Å². The van der Waals surface area contributed by atoms with Gasteiger partial charge in [-0.2, -0.15) is 0 Å².